The van der Waals surface area contributed by atoms with Gasteiger partial charge in [0.05, 0.1) is 5.69 Å². The van der Waals surface area contributed by atoms with Gasteiger partial charge in [0.2, 0.25) is 0 Å². The van der Waals surface area contributed by atoms with E-state index in [-0.39, 0.29) is 0 Å². The minimum Gasteiger partial charge on any atom is -0.353 e. The number of thioether (sulfide) groups is 1. The van der Waals surface area contributed by atoms with Gasteiger partial charge in [0.15, 0.2) is 10.8 Å². The van der Waals surface area contributed by atoms with Crippen LogP contribution >= 0.6 is 23.1 Å². The van der Waals surface area contributed by atoms with E-state index in [4.69, 9.17) is 4.98 Å². The van der Waals surface area contributed by atoms with Crippen LogP contribution in [0.1, 0.15) is 19.0 Å². The van der Waals surface area contributed by atoms with Gasteiger partial charge in [-0.05, 0) is 13.0 Å². The van der Waals surface area contributed by atoms with Gasteiger partial charge in [-0.15, -0.1) is 11.3 Å². The van der Waals surface area contributed by atoms with Crippen molar-refractivity contribution in [2.24, 2.45) is 0 Å². The molecular formula is C13H20N4S2. The van der Waals surface area contributed by atoms with E-state index in [9.17, 15) is 0 Å². The van der Waals surface area contributed by atoms with Gasteiger partial charge in [0.1, 0.15) is 0 Å². The summed E-state index contributed by atoms with van der Waals surface area (Å²) >= 11 is 3.76. The lowest BCUT2D eigenvalue weighted by molar-refractivity contribution is 0.658. The van der Waals surface area contributed by atoms with Gasteiger partial charge < -0.3 is 10.2 Å². The van der Waals surface area contributed by atoms with Crippen LogP contribution in [0.4, 0.5) is 5.82 Å². The van der Waals surface area contributed by atoms with Gasteiger partial charge in [-0.1, -0.05) is 6.92 Å². The lowest BCUT2D eigenvalue weighted by Gasteiger charge is -2.27. The summed E-state index contributed by atoms with van der Waals surface area (Å²) in [6.07, 6.45) is 3.30. The zero-order valence-corrected chi connectivity index (χ0v) is 12.9. The molecule has 2 aromatic heterocycles. The Morgan fingerprint density at radius 2 is 2.21 bits per heavy atom. The number of hydrogen-bond donors (Lipinski definition) is 1. The van der Waals surface area contributed by atoms with E-state index >= 15 is 0 Å². The summed E-state index contributed by atoms with van der Waals surface area (Å²) < 4.78 is 2.24. The van der Waals surface area contributed by atoms with E-state index in [1.807, 2.05) is 11.8 Å². The van der Waals surface area contributed by atoms with Gasteiger partial charge >= 0.3 is 0 Å². The Kier molecular flexibility index (Phi) is 4.30. The Balaban J connectivity index is 1.88. The molecule has 1 aliphatic rings. The summed E-state index contributed by atoms with van der Waals surface area (Å²) in [5, 5.41) is 5.62. The molecule has 104 valence electrons. The van der Waals surface area contributed by atoms with Crippen molar-refractivity contribution in [3.05, 3.63) is 17.3 Å². The monoisotopic (exact) mass is 296 g/mol. The van der Waals surface area contributed by atoms with Gasteiger partial charge in [0, 0.05) is 42.7 Å². The first-order chi connectivity index (χ1) is 9.40. The van der Waals surface area contributed by atoms with Crippen molar-refractivity contribution in [2.75, 3.05) is 36.0 Å². The average Bonchev–Trinajstić information content (AvgIpc) is 3.02. The smallest absolute Gasteiger partial charge is 0.195 e. The summed E-state index contributed by atoms with van der Waals surface area (Å²) in [5.41, 5.74) is 1.32. The van der Waals surface area contributed by atoms with Crippen LogP contribution in [0.5, 0.6) is 0 Å². The number of aromatic nitrogens is 2. The second-order valence-corrected chi connectivity index (χ2v) is 6.81. The number of hydrogen-bond acceptors (Lipinski definition) is 5. The van der Waals surface area contributed by atoms with E-state index in [2.05, 4.69) is 33.1 Å². The fraction of sp³-hybridized carbons (Fsp3) is 0.615. The highest BCUT2D eigenvalue weighted by Crippen LogP contribution is 2.26. The molecule has 3 rings (SSSR count). The topological polar surface area (TPSA) is 32.6 Å². The second kappa shape index (κ2) is 6.15. The van der Waals surface area contributed by atoms with Crippen LogP contribution in [0.2, 0.25) is 0 Å². The van der Waals surface area contributed by atoms with Crippen LogP contribution in [-0.2, 0) is 6.54 Å². The third-order valence-corrected chi connectivity index (χ3v) is 5.07. The second-order valence-electron chi connectivity index (χ2n) is 4.71. The molecule has 1 saturated heterocycles. The van der Waals surface area contributed by atoms with Crippen LogP contribution in [0.3, 0.4) is 0 Å². The molecule has 6 heteroatoms. The van der Waals surface area contributed by atoms with Gasteiger partial charge in [-0.3, -0.25) is 4.40 Å². The predicted molar refractivity (Wildman–Crippen MR) is 84.6 cm³/mol. The molecule has 0 aliphatic carbocycles. The molecule has 1 aliphatic heterocycles. The standard InChI is InChI=1S/C13H20N4S2/c1-2-3-14-10-11-12(16-4-7-18-8-5-16)15-13-17(11)6-9-19-13/h6,9,14H,2-5,7-8,10H2,1H3. The van der Waals surface area contributed by atoms with Crippen LogP contribution < -0.4 is 10.2 Å². The summed E-state index contributed by atoms with van der Waals surface area (Å²) in [5.74, 6) is 3.62. The molecule has 1 fully saturated rings. The Morgan fingerprint density at radius 3 is 3.00 bits per heavy atom. The highest BCUT2D eigenvalue weighted by molar-refractivity contribution is 7.99. The molecule has 4 nitrogen and oxygen atoms in total. The Labute approximate surface area is 122 Å². The van der Waals surface area contributed by atoms with E-state index < -0.39 is 0 Å². The van der Waals surface area contributed by atoms with E-state index in [0.717, 1.165) is 31.1 Å². The van der Waals surface area contributed by atoms with Gasteiger partial charge in [-0.2, -0.15) is 11.8 Å². The van der Waals surface area contributed by atoms with Crippen LogP contribution in [-0.4, -0.2) is 40.5 Å². The first kappa shape index (κ1) is 13.3. The Morgan fingerprint density at radius 1 is 1.37 bits per heavy atom. The molecule has 0 unspecified atom stereocenters. The van der Waals surface area contributed by atoms with Crippen molar-refractivity contribution < 1.29 is 0 Å². The number of thiazole rings is 1. The molecule has 0 amide bonds. The van der Waals surface area contributed by atoms with Crippen molar-refractivity contribution in [3.8, 4) is 0 Å². The molecule has 0 atom stereocenters. The zero-order valence-electron chi connectivity index (χ0n) is 11.3. The third kappa shape index (κ3) is 2.75. The fourth-order valence-electron chi connectivity index (χ4n) is 2.40. The van der Waals surface area contributed by atoms with Crippen molar-refractivity contribution in [1.29, 1.82) is 0 Å². The van der Waals surface area contributed by atoms with Crippen LogP contribution in [0.25, 0.3) is 4.96 Å². The van der Waals surface area contributed by atoms with E-state index in [1.54, 1.807) is 11.3 Å². The summed E-state index contributed by atoms with van der Waals surface area (Å²) in [6, 6.07) is 0. The number of nitrogens with one attached hydrogen (secondary N) is 1. The highest BCUT2D eigenvalue weighted by atomic mass is 32.2. The summed E-state index contributed by atoms with van der Waals surface area (Å²) in [7, 11) is 0. The molecule has 0 saturated carbocycles. The number of rotatable bonds is 5. The molecule has 3 heterocycles. The maximum Gasteiger partial charge on any atom is 0.195 e. The zero-order chi connectivity index (χ0) is 13.1. The highest BCUT2D eigenvalue weighted by Gasteiger charge is 2.20. The molecule has 0 aromatic carbocycles. The lowest BCUT2D eigenvalue weighted by Crippen LogP contribution is -2.34. The SMILES string of the molecule is CCCNCc1c(N2CCSCC2)nc2sccn12. The molecule has 2 aromatic rings. The lowest BCUT2D eigenvalue weighted by atomic mass is 10.3. The van der Waals surface area contributed by atoms with Crippen LogP contribution in [0.15, 0.2) is 11.6 Å². The Hall–Kier alpha value is -0.720. The van der Waals surface area contributed by atoms with Crippen LogP contribution in [0, 0.1) is 0 Å². The molecule has 0 spiro atoms. The third-order valence-electron chi connectivity index (χ3n) is 3.37. The average molecular weight is 296 g/mol. The molecule has 19 heavy (non-hydrogen) atoms. The maximum absolute atomic E-state index is 4.83. The quantitative estimate of drug-likeness (QED) is 0.859. The minimum atomic E-state index is 0.907. The van der Waals surface area contributed by atoms with Crippen molar-refractivity contribution >= 4 is 33.9 Å². The molecular weight excluding hydrogens is 276 g/mol. The first-order valence-electron chi connectivity index (χ1n) is 6.88. The number of fused-ring (bicyclic) bond motifs is 1. The van der Waals surface area contributed by atoms with Gasteiger partial charge in [0.25, 0.3) is 0 Å². The first-order valence-corrected chi connectivity index (χ1v) is 8.91. The molecule has 0 bridgehead atoms. The summed E-state index contributed by atoms with van der Waals surface area (Å²) in [6.45, 7) is 6.41. The number of nitrogens with zero attached hydrogens (tertiary/aromatic N) is 3. The van der Waals surface area contributed by atoms with Gasteiger partial charge in [-0.25, -0.2) is 4.98 Å². The Bertz CT molecular complexity index is 528. The largest absolute Gasteiger partial charge is 0.353 e. The van der Waals surface area contributed by atoms with E-state index in [0.29, 0.717) is 0 Å². The molecule has 1 N–H and O–H groups in total. The fourth-order valence-corrected chi connectivity index (χ4v) is 4.03. The van der Waals surface area contributed by atoms with Crippen molar-refractivity contribution in [2.45, 2.75) is 19.9 Å². The number of imidazole rings is 1. The van der Waals surface area contributed by atoms with Crippen molar-refractivity contribution in [1.82, 2.24) is 14.7 Å². The summed E-state index contributed by atoms with van der Waals surface area (Å²) in [4.78, 5) is 8.39. The minimum absolute atomic E-state index is 0.907. The van der Waals surface area contributed by atoms with Crippen molar-refractivity contribution in [3.63, 3.8) is 0 Å². The predicted octanol–water partition coefficient (Wildman–Crippen LogP) is 2.45. The maximum atomic E-state index is 4.83. The number of anilines is 1. The molecule has 0 radical (unpaired) electrons. The normalized spacial score (nSPS) is 16.4. The van der Waals surface area contributed by atoms with E-state index in [1.165, 1.54) is 29.4 Å².